The first-order chi connectivity index (χ1) is 14.9. The van der Waals surface area contributed by atoms with Crippen LogP contribution in [0.5, 0.6) is 0 Å². The summed E-state index contributed by atoms with van der Waals surface area (Å²) in [6, 6.07) is 3.13. The van der Waals surface area contributed by atoms with Crippen molar-refractivity contribution in [3.05, 3.63) is 12.2 Å². The Morgan fingerprint density at radius 1 is 0.742 bits per heavy atom. The first kappa shape index (κ1) is 29.9. The number of esters is 1. The highest BCUT2D eigenvalue weighted by molar-refractivity contribution is 6.75. The zero-order chi connectivity index (χ0) is 23.5. The van der Waals surface area contributed by atoms with Gasteiger partial charge in [0, 0.05) is 5.57 Å². The van der Waals surface area contributed by atoms with Crippen LogP contribution < -0.4 is 0 Å². The number of unbranched alkanes of at least 4 members (excludes halogenated alkanes) is 9. The fourth-order valence-electron chi connectivity index (χ4n) is 3.96. The second-order valence-corrected chi connectivity index (χ2v) is 13.2. The summed E-state index contributed by atoms with van der Waals surface area (Å²) in [7, 11) is -2.23. The van der Waals surface area contributed by atoms with E-state index in [1.807, 2.05) is 6.92 Å². The SMILES string of the molecule is C=C(C)C(=O)OC(CC)C(=O)O[Si](CCCCCC)(CCCCCC)CCCCCC. The number of carbonyl (C=O) groups excluding carboxylic acids is 2. The lowest BCUT2D eigenvalue weighted by molar-refractivity contribution is -0.160. The van der Waals surface area contributed by atoms with Gasteiger partial charge in [0.05, 0.1) is 0 Å². The Morgan fingerprint density at radius 3 is 1.48 bits per heavy atom. The van der Waals surface area contributed by atoms with Crippen LogP contribution in [0.3, 0.4) is 0 Å². The third kappa shape index (κ3) is 13.8. The number of hydrogen-bond acceptors (Lipinski definition) is 4. The van der Waals surface area contributed by atoms with E-state index in [0.29, 0.717) is 12.0 Å². The molecule has 0 amide bonds. The molecular formula is C26H50O4Si. The van der Waals surface area contributed by atoms with Crippen LogP contribution in [-0.4, -0.2) is 26.4 Å². The number of hydrogen-bond donors (Lipinski definition) is 0. The summed E-state index contributed by atoms with van der Waals surface area (Å²) in [5.41, 5.74) is 0.313. The van der Waals surface area contributed by atoms with Crippen LogP contribution >= 0.6 is 0 Å². The lowest BCUT2D eigenvalue weighted by Crippen LogP contribution is -2.44. The van der Waals surface area contributed by atoms with Crippen LogP contribution in [0.4, 0.5) is 0 Å². The van der Waals surface area contributed by atoms with Crippen LogP contribution in [-0.2, 0) is 18.8 Å². The van der Waals surface area contributed by atoms with E-state index in [2.05, 4.69) is 27.4 Å². The summed E-state index contributed by atoms with van der Waals surface area (Å²) in [5.74, 6) is -0.838. The zero-order valence-corrected chi connectivity index (χ0v) is 22.2. The Hall–Kier alpha value is -1.10. The van der Waals surface area contributed by atoms with Gasteiger partial charge in [-0.2, -0.15) is 0 Å². The Morgan fingerprint density at radius 2 is 1.16 bits per heavy atom. The Kier molecular flexibility index (Phi) is 17.8. The normalized spacial score (nSPS) is 12.4. The van der Waals surface area contributed by atoms with Gasteiger partial charge < -0.3 is 9.16 Å². The maximum atomic E-state index is 13.1. The summed E-state index contributed by atoms with van der Waals surface area (Å²) in [6.07, 6.45) is 13.9. The molecule has 4 nitrogen and oxygen atoms in total. The third-order valence-corrected chi connectivity index (χ3v) is 10.4. The van der Waals surface area contributed by atoms with Gasteiger partial charge in [0.1, 0.15) is 0 Å². The lowest BCUT2D eigenvalue weighted by atomic mass is 10.2. The van der Waals surface area contributed by atoms with Crippen molar-refractivity contribution < 1.29 is 18.8 Å². The summed E-state index contributed by atoms with van der Waals surface area (Å²) in [5, 5.41) is 0. The molecule has 0 rings (SSSR count). The molecule has 0 aromatic carbocycles. The molecular weight excluding hydrogens is 404 g/mol. The van der Waals surface area contributed by atoms with E-state index < -0.39 is 20.4 Å². The summed E-state index contributed by atoms with van der Waals surface area (Å²) in [6.45, 7) is 13.8. The fraction of sp³-hybridized carbons (Fsp3) is 0.846. The molecule has 0 radical (unpaired) electrons. The molecule has 0 bridgehead atoms. The van der Waals surface area contributed by atoms with Crippen molar-refractivity contribution in [2.45, 2.75) is 142 Å². The minimum atomic E-state index is -2.23. The van der Waals surface area contributed by atoms with Crippen molar-refractivity contribution in [1.29, 1.82) is 0 Å². The zero-order valence-electron chi connectivity index (χ0n) is 21.2. The smallest absolute Gasteiger partial charge is 0.334 e. The average Bonchev–Trinajstić information content (AvgIpc) is 2.75. The van der Waals surface area contributed by atoms with Crippen LogP contribution in [0.25, 0.3) is 0 Å². The van der Waals surface area contributed by atoms with Crippen LogP contribution in [0.1, 0.15) is 118 Å². The van der Waals surface area contributed by atoms with E-state index in [0.717, 1.165) is 37.4 Å². The quantitative estimate of drug-likeness (QED) is 0.0806. The number of rotatable bonds is 20. The maximum Gasteiger partial charge on any atom is 0.334 e. The number of ether oxygens (including phenoxy) is 1. The Labute approximate surface area is 193 Å². The molecule has 1 unspecified atom stereocenters. The molecule has 0 aliphatic rings. The summed E-state index contributed by atoms with van der Waals surface area (Å²) in [4.78, 5) is 25.1. The van der Waals surface area contributed by atoms with Crippen molar-refractivity contribution in [3.63, 3.8) is 0 Å². The highest BCUT2D eigenvalue weighted by atomic mass is 28.4. The molecule has 0 saturated carbocycles. The number of carbonyl (C=O) groups is 2. The molecule has 0 fully saturated rings. The van der Waals surface area contributed by atoms with E-state index in [4.69, 9.17) is 9.16 Å². The molecule has 0 N–H and O–H groups in total. The second kappa shape index (κ2) is 18.5. The van der Waals surface area contributed by atoms with Gasteiger partial charge in [-0.3, -0.25) is 0 Å². The average molecular weight is 455 g/mol. The van der Waals surface area contributed by atoms with E-state index >= 15 is 0 Å². The molecule has 1 atom stereocenters. The van der Waals surface area contributed by atoms with Crippen LogP contribution in [0, 0.1) is 0 Å². The first-order valence-corrected chi connectivity index (χ1v) is 15.5. The molecule has 0 aliphatic heterocycles. The van der Waals surface area contributed by atoms with Crippen molar-refractivity contribution in [1.82, 2.24) is 0 Å². The van der Waals surface area contributed by atoms with Gasteiger partial charge in [0.2, 0.25) is 0 Å². The molecule has 0 aromatic rings. The van der Waals surface area contributed by atoms with Gasteiger partial charge >= 0.3 is 11.9 Å². The standard InChI is InChI=1S/C26H50O4Si/c1-7-11-14-17-20-31(21-18-15-12-8-2,22-19-16-13-9-3)30-26(28)24(10-4)29-25(27)23(5)6/h24H,5,7-22H2,1-4,6H3. The van der Waals surface area contributed by atoms with Crippen molar-refractivity contribution in [3.8, 4) is 0 Å². The van der Waals surface area contributed by atoms with Gasteiger partial charge in [-0.25, -0.2) is 9.59 Å². The Bertz CT molecular complexity index is 472. The minimum Gasteiger partial charge on any atom is -0.516 e. The fourth-order valence-corrected chi connectivity index (χ4v) is 8.25. The lowest BCUT2D eigenvalue weighted by Gasteiger charge is -2.33. The highest BCUT2D eigenvalue weighted by Crippen LogP contribution is 2.32. The molecule has 0 saturated heterocycles. The van der Waals surface area contributed by atoms with E-state index in [9.17, 15) is 9.59 Å². The van der Waals surface area contributed by atoms with Crippen molar-refractivity contribution in [2.24, 2.45) is 0 Å². The van der Waals surface area contributed by atoms with Crippen LogP contribution in [0.2, 0.25) is 18.1 Å². The molecule has 0 heterocycles. The van der Waals surface area contributed by atoms with Gasteiger partial charge in [0.25, 0.3) is 8.32 Å². The molecule has 31 heavy (non-hydrogen) atoms. The predicted molar refractivity (Wildman–Crippen MR) is 134 cm³/mol. The van der Waals surface area contributed by atoms with Gasteiger partial charge in [-0.1, -0.05) is 111 Å². The molecule has 182 valence electrons. The summed E-state index contributed by atoms with van der Waals surface area (Å²) < 4.78 is 11.8. The Balaban J connectivity index is 5.40. The van der Waals surface area contributed by atoms with Crippen molar-refractivity contribution >= 4 is 20.3 Å². The largest absolute Gasteiger partial charge is 0.516 e. The maximum absolute atomic E-state index is 13.1. The third-order valence-electron chi connectivity index (χ3n) is 6.01. The topological polar surface area (TPSA) is 52.6 Å². The predicted octanol–water partition coefficient (Wildman–Crippen LogP) is 8.11. The van der Waals surface area contributed by atoms with Gasteiger partial charge in [0.15, 0.2) is 6.10 Å². The molecule has 0 aromatic heterocycles. The molecule has 0 spiro atoms. The first-order valence-electron chi connectivity index (χ1n) is 12.9. The van der Waals surface area contributed by atoms with Crippen molar-refractivity contribution in [2.75, 3.05) is 0 Å². The molecule has 5 heteroatoms. The van der Waals surface area contributed by atoms with Gasteiger partial charge in [-0.15, -0.1) is 0 Å². The minimum absolute atomic E-state index is 0.313. The summed E-state index contributed by atoms with van der Waals surface area (Å²) >= 11 is 0. The van der Waals surface area contributed by atoms with E-state index in [1.54, 1.807) is 6.92 Å². The molecule has 0 aliphatic carbocycles. The van der Waals surface area contributed by atoms with E-state index in [1.165, 1.54) is 57.8 Å². The monoisotopic (exact) mass is 454 g/mol. The van der Waals surface area contributed by atoms with Crippen LogP contribution in [0.15, 0.2) is 12.2 Å². The second-order valence-electron chi connectivity index (χ2n) is 9.12. The van der Waals surface area contributed by atoms with Gasteiger partial charge in [-0.05, 0) is 31.5 Å². The highest BCUT2D eigenvalue weighted by Gasteiger charge is 2.39. The van der Waals surface area contributed by atoms with E-state index in [-0.39, 0.29) is 5.97 Å².